The predicted octanol–water partition coefficient (Wildman–Crippen LogP) is 3.40. The maximum Gasteiger partial charge on any atom is 0.121 e. The SMILES string of the molecule is COc1ccc2c(Nc3ccccc3)ccnc2c1.OCCNS. The minimum Gasteiger partial charge on any atom is -0.497 e. The summed E-state index contributed by atoms with van der Waals surface area (Å²) in [7, 11) is 1.66. The van der Waals surface area contributed by atoms with Crippen molar-refractivity contribution in [3.8, 4) is 5.75 Å². The summed E-state index contributed by atoms with van der Waals surface area (Å²) >= 11 is 3.59. The summed E-state index contributed by atoms with van der Waals surface area (Å²) < 4.78 is 7.68. The average molecular weight is 343 g/mol. The lowest BCUT2D eigenvalue weighted by atomic mass is 10.1. The molecule has 3 N–H and O–H groups in total. The van der Waals surface area contributed by atoms with Crippen molar-refractivity contribution in [2.45, 2.75) is 0 Å². The van der Waals surface area contributed by atoms with Crippen LogP contribution in [0.5, 0.6) is 5.75 Å². The Balaban J connectivity index is 0.000000368. The first-order valence-corrected chi connectivity index (χ1v) is 7.96. The topological polar surface area (TPSA) is 66.4 Å². The molecule has 0 aliphatic rings. The molecule has 126 valence electrons. The molecule has 0 unspecified atom stereocenters. The van der Waals surface area contributed by atoms with E-state index < -0.39 is 0 Å². The Kier molecular flexibility index (Phi) is 7.35. The Bertz CT molecular complexity index is 752. The number of hydrogen-bond donors (Lipinski definition) is 4. The number of pyridine rings is 1. The fraction of sp³-hybridized carbons (Fsp3) is 0.167. The minimum absolute atomic E-state index is 0.156. The monoisotopic (exact) mass is 343 g/mol. The Morgan fingerprint density at radius 3 is 2.54 bits per heavy atom. The van der Waals surface area contributed by atoms with Gasteiger partial charge in [-0.1, -0.05) is 31.0 Å². The standard InChI is InChI=1S/C16H14N2O.C2H7NOS/c1-19-13-7-8-14-15(9-10-17-16(14)11-13)18-12-5-3-2-4-6-12;4-2-1-3-5/h2-11H,1H3,(H,17,18);3-5H,1-2H2. The Morgan fingerprint density at radius 2 is 1.92 bits per heavy atom. The number of aliphatic hydroxyl groups excluding tert-OH is 1. The van der Waals surface area contributed by atoms with Crippen molar-refractivity contribution in [2.75, 3.05) is 25.6 Å². The van der Waals surface area contributed by atoms with Gasteiger partial charge in [0, 0.05) is 35.6 Å². The van der Waals surface area contributed by atoms with Gasteiger partial charge in [0.1, 0.15) is 5.75 Å². The third-order valence-corrected chi connectivity index (χ3v) is 3.45. The van der Waals surface area contributed by atoms with Gasteiger partial charge in [-0.3, -0.25) is 9.71 Å². The van der Waals surface area contributed by atoms with Crippen LogP contribution in [0.4, 0.5) is 11.4 Å². The quantitative estimate of drug-likeness (QED) is 0.535. The number of aliphatic hydroxyl groups is 1. The minimum atomic E-state index is 0.156. The summed E-state index contributed by atoms with van der Waals surface area (Å²) in [5, 5.41) is 12.4. The number of ether oxygens (including phenoxy) is 1. The van der Waals surface area contributed by atoms with Crippen LogP contribution in [0.3, 0.4) is 0 Å². The number of nitrogens with one attached hydrogen (secondary N) is 2. The van der Waals surface area contributed by atoms with Gasteiger partial charge in [-0.05, 0) is 30.3 Å². The molecule has 2 aromatic carbocycles. The van der Waals surface area contributed by atoms with Crippen molar-refractivity contribution >= 4 is 35.1 Å². The van der Waals surface area contributed by atoms with Crippen molar-refractivity contribution < 1.29 is 9.84 Å². The largest absolute Gasteiger partial charge is 0.497 e. The number of fused-ring (bicyclic) bond motifs is 1. The molecule has 0 fully saturated rings. The van der Waals surface area contributed by atoms with Gasteiger partial charge in [-0.15, -0.1) is 0 Å². The Labute approximate surface area is 147 Å². The summed E-state index contributed by atoms with van der Waals surface area (Å²) in [5.41, 5.74) is 3.02. The Hall–Kier alpha value is -2.28. The fourth-order valence-electron chi connectivity index (χ4n) is 2.09. The number of nitrogens with zero attached hydrogens (tertiary/aromatic N) is 1. The zero-order chi connectivity index (χ0) is 17.2. The third kappa shape index (κ3) is 5.13. The van der Waals surface area contributed by atoms with Crippen LogP contribution in [0.1, 0.15) is 0 Å². The molecule has 0 saturated carbocycles. The van der Waals surface area contributed by atoms with E-state index in [2.05, 4.69) is 27.8 Å². The van der Waals surface area contributed by atoms with Gasteiger partial charge in [0.25, 0.3) is 0 Å². The van der Waals surface area contributed by atoms with E-state index in [0.29, 0.717) is 6.54 Å². The summed E-state index contributed by atoms with van der Waals surface area (Å²) in [4.78, 5) is 4.37. The van der Waals surface area contributed by atoms with Crippen molar-refractivity contribution in [3.63, 3.8) is 0 Å². The molecule has 3 aromatic rings. The molecule has 0 amide bonds. The van der Waals surface area contributed by atoms with Gasteiger partial charge in [0.05, 0.1) is 19.2 Å². The molecule has 0 bridgehead atoms. The lowest BCUT2D eigenvalue weighted by molar-refractivity contribution is 0.303. The third-order valence-electron chi connectivity index (χ3n) is 3.23. The van der Waals surface area contributed by atoms with Gasteiger partial charge >= 0.3 is 0 Å². The van der Waals surface area contributed by atoms with E-state index in [1.807, 2.05) is 54.6 Å². The van der Waals surface area contributed by atoms with Crippen LogP contribution in [0.2, 0.25) is 0 Å². The van der Waals surface area contributed by atoms with E-state index in [4.69, 9.17) is 9.84 Å². The van der Waals surface area contributed by atoms with Crippen LogP contribution >= 0.6 is 12.8 Å². The summed E-state index contributed by atoms with van der Waals surface area (Å²) in [6.45, 7) is 0.715. The maximum absolute atomic E-state index is 7.95. The highest BCUT2D eigenvalue weighted by atomic mass is 32.1. The lowest BCUT2D eigenvalue weighted by Gasteiger charge is -2.10. The molecular formula is C18H21N3O2S. The second-order valence-electron chi connectivity index (χ2n) is 4.86. The van der Waals surface area contributed by atoms with Gasteiger partial charge in [-0.25, -0.2) is 0 Å². The number of methoxy groups -OCH3 is 1. The molecule has 5 nitrogen and oxygen atoms in total. The van der Waals surface area contributed by atoms with Crippen LogP contribution in [-0.4, -0.2) is 30.4 Å². The molecule has 0 aliphatic heterocycles. The van der Waals surface area contributed by atoms with E-state index in [9.17, 15) is 0 Å². The van der Waals surface area contributed by atoms with E-state index in [0.717, 1.165) is 28.0 Å². The number of aromatic nitrogens is 1. The molecule has 0 atom stereocenters. The molecular weight excluding hydrogens is 322 g/mol. The Morgan fingerprint density at radius 1 is 1.12 bits per heavy atom. The lowest BCUT2D eigenvalue weighted by Crippen LogP contribution is -2.04. The first kappa shape index (κ1) is 18.1. The first-order chi connectivity index (χ1) is 11.8. The number of para-hydroxylation sites is 1. The average Bonchev–Trinajstić information content (AvgIpc) is 2.63. The van der Waals surface area contributed by atoms with Gasteiger partial charge < -0.3 is 15.2 Å². The van der Waals surface area contributed by atoms with Gasteiger partial charge in [0.15, 0.2) is 0 Å². The number of hydrogen-bond acceptors (Lipinski definition) is 6. The predicted molar refractivity (Wildman–Crippen MR) is 102 cm³/mol. The van der Waals surface area contributed by atoms with Crippen LogP contribution in [0.15, 0.2) is 60.8 Å². The highest BCUT2D eigenvalue weighted by Crippen LogP contribution is 2.27. The highest BCUT2D eigenvalue weighted by molar-refractivity contribution is 7.78. The molecule has 1 aromatic heterocycles. The molecule has 0 radical (unpaired) electrons. The molecule has 24 heavy (non-hydrogen) atoms. The highest BCUT2D eigenvalue weighted by Gasteiger charge is 2.03. The molecule has 3 rings (SSSR count). The number of anilines is 2. The second-order valence-corrected chi connectivity index (χ2v) is 5.18. The molecule has 0 spiro atoms. The number of benzene rings is 2. The van der Waals surface area contributed by atoms with Crippen molar-refractivity contribution in [2.24, 2.45) is 0 Å². The zero-order valence-corrected chi connectivity index (χ0v) is 14.3. The molecule has 0 aliphatic carbocycles. The van der Waals surface area contributed by atoms with Crippen LogP contribution in [0, 0.1) is 0 Å². The number of thiol groups is 1. The normalized spacial score (nSPS) is 9.96. The second kappa shape index (κ2) is 9.77. The van der Waals surface area contributed by atoms with Crippen LogP contribution in [-0.2, 0) is 0 Å². The summed E-state index contributed by atoms with van der Waals surface area (Å²) in [6, 6.07) is 18.0. The van der Waals surface area contributed by atoms with E-state index in [-0.39, 0.29) is 6.61 Å². The maximum atomic E-state index is 7.95. The van der Waals surface area contributed by atoms with Crippen LogP contribution in [0.25, 0.3) is 10.9 Å². The van der Waals surface area contributed by atoms with E-state index in [1.165, 1.54) is 0 Å². The first-order valence-electron chi connectivity index (χ1n) is 7.51. The number of rotatable bonds is 5. The van der Waals surface area contributed by atoms with E-state index >= 15 is 0 Å². The van der Waals surface area contributed by atoms with Crippen LogP contribution < -0.4 is 14.8 Å². The zero-order valence-electron chi connectivity index (χ0n) is 13.4. The van der Waals surface area contributed by atoms with Gasteiger partial charge in [-0.2, -0.15) is 0 Å². The van der Waals surface area contributed by atoms with Crippen molar-refractivity contribution in [1.29, 1.82) is 0 Å². The molecule has 1 heterocycles. The summed E-state index contributed by atoms with van der Waals surface area (Å²) in [6.07, 6.45) is 1.80. The fourth-order valence-corrected chi connectivity index (χ4v) is 2.19. The smallest absolute Gasteiger partial charge is 0.121 e. The van der Waals surface area contributed by atoms with Crippen molar-refractivity contribution in [1.82, 2.24) is 9.71 Å². The molecule has 0 saturated heterocycles. The van der Waals surface area contributed by atoms with Gasteiger partial charge in [0.2, 0.25) is 0 Å². The van der Waals surface area contributed by atoms with Crippen molar-refractivity contribution in [3.05, 3.63) is 60.8 Å². The molecule has 6 heteroatoms. The van der Waals surface area contributed by atoms with E-state index in [1.54, 1.807) is 13.3 Å². The summed E-state index contributed by atoms with van der Waals surface area (Å²) in [5.74, 6) is 0.817.